The van der Waals surface area contributed by atoms with Gasteiger partial charge in [0, 0.05) is 6.07 Å². The second-order valence-corrected chi connectivity index (χ2v) is 5.29. The van der Waals surface area contributed by atoms with Crippen molar-refractivity contribution in [2.45, 2.75) is 26.7 Å². The molecule has 5 heteroatoms. The lowest BCUT2D eigenvalue weighted by Gasteiger charge is -2.24. The fourth-order valence-electron chi connectivity index (χ4n) is 2.28. The normalized spacial score (nSPS) is 18.8. The Kier molecular flexibility index (Phi) is 2.41. The van der Waals surface area contributed by atoms with Gasteiger partial charge in [-0.2, -0.15) is 0 Å². The molecule has 1 aliphatic rings. The van der Waals surface area contributed by atoms with Crippen molar-refractivity contribution >= 4 is 17.3 Å². The van der Waals surface area contributed by atoms with Crippen LogP contribution in [-0.2, 0) is 4.79 Å². The molecule has 1 N–H and O–H groups in total. The number of rotatable bonds is 1. The van der Waals surface area contributed by atoms with E-state index in [0.717, 1.165) is 5.56 Å². The van der Waals surface area contributed by atoms with Gasteiger partial charge >= 0.3 is 0 Å². The molecule has 1 aromatic carbocycles. The van der Waals surface area contributed by atoms with E-state index in [0.29, 0.717) is 5.69 Å². The lowest BCUT2D eigenvalue weighted by Crippen LogP contribution is -2.25. The van der Waals surface area contributed by atoms with Gasteiger partial charge in [0.25, 0.3) is 5.69 Å². The summed E-state index contributed by atoms with van der Waals surface area (Å²) in [5, 5.41) is 13.5. The summed E-state index contributed by atoms with van der Waals surface area (Å²) in [5.41, 5.74) is 0.770. The van der Waals surface area contributed by atoms with Crippen LogP contribution in [0.25, 0.3) is 0 Å². The van der Waals surface area contributed by atoms with E-state index in [2.05, 4.69) is 5.32 Å². The Balaban J connectivity index is 2.60. The van der Waals surface area contributed by atoms with Crippen LogP contribution in [0.15, 0.2) is 18.2 Å². The number of para-hydroxylation sites is 1. The number of nitrogens with zero attached hydrogens (tertiary/aromatic N) is 1. The maximum Gasteiger partial charge on any atom is 0.293 e. The summed E-state index contributed by atoms with van der Waals surface area (Å²) < 4.78 is 0. The number of hydrogen-bond acceptors (Lipinski definition) is 3. The first-order valence-corrected chi connectivity index (χ1v) is 5.40. The van der Waals surface area contributed by atoms with E-state index in [1.54, 1.807) is 12.1 Å². The average Bonchev–Trinajstić information content (AvgIpc) is 2.51. The summed E-state index contributed by atoms with van der Waals surface area (Å²) >= 11 is 0. The Morgan fingerprint density at radius 3 is 2.53 bits per heavy atom. The van der Waals surface area contributed by atoms with E-state index >= 15 is 0 Å². The highest BCUT2D eigenvalue weighted by Gasteiger charge is 2.41. The lowest BCUT2D eigenvalue weighted by molar-refractivity contribution is -0.383. The zero-order chi connectivity index (χ0) is 12.8. The molecule has 0 aromatic heterocycles. The highest BCUT2D eigenvalue weighted by atomic mass is 16.6. The Bertz CT molecular complexity index is 503. The molecule has 0 saturated carbocycles. The number of anilines is 1. The highest BCUT2D eigenvalue weighted by Crippen LogP contribution is 2.46. The Hall–Kier alpha value is -1.91. The maximum atomic E-state index is 11.9. The fourth-order valence-corrected chi connectivity index (χ4v) is 2.28. The number of fused-ring (bicyclic) bond motifs is 1. The van der Waals surface area contributed by atoms with E-state index in [4.69, 9.17) is 0 Å². The lowest BCUT2D eigenvalue weighted by atomic mass is 9.77. The number of carbonyl (C=O) groups excluding carboxylic acids is 1. The molecule has 0 spiro atoms. The molecule has 1 unspecified atom stereocenters. The molecule has 1 heterocycles. The molecule has 2 rings (SSSR count). The summed E-state index contributed by atoms with van der Waals surface area (Å²) in [4.78, 5) is 22.3. The summed E-state index contributed by atoms with van der Waals surface area (Å²) in [7, 11) is 0. The third-order valence-corrected chi connectivity index (χ3v) is 2.96. The second kappa shape index (κ2) is 3.55. The first-order chi connectivity index (χ1) is 7.82. The number of nitro groups is 1. The molecule has 0 saturated heterocycles. The summed E-state index contributed by atoms with van der Waals surface area (Å²) in [5.74, 6) is -0.501. The van der Waals surface area contributed by atoms with Crippen LogP contribution in [-0.4, -0.2) is 10.8 Å². The van der Waals surface area contributed by atoms with Gasteiger partial charge in [0.1, 0.15) is 5.69 Å². The van der Waals surface area contributed by atoms with Gasteiger partial charge in [0.2, 0.25) is 5.91 Å². The topological polar surface area (TPSA) is 72.2 Å². The van der Waals surface area contributed by atoms with E-state index < -0.39 is 4.92 Å². The predicted molar refractivity (Wildman–Crippen MR) is 63.9 cm³/mol. The average molecular weight is 234 g/mol. The second-order valence-electron chi connectivity index (χ2n) is 5.29. The number of hydrogen-bond donors (Lipinski definition) is 1. The van der Waals surface area contributed by atoms with E-state index in [9.17, 15) is 14.9 Å². The number of benzene rings is 1. The quantitative estimate of drug-likeness (QED) is 0.599. The monoisotopic (exact) mass is 234 g/mol. The van der Waals surface area contributed by atoms with Gasteiger partial charge in [0.15, 0.2) is 0 Å². The zero-order valence-corrected chi connectivity index (χ0v) is 9.98. The van der Waals surface area contributed by atoms with Crippen molar-refractivity contribution in [3.63, 3.8) is 0 Å². The molecule has 1 atom stereocenters. The minimum atomic E-state index is -0.468. The van der Waals surface area contributed by atoms with Crippen LogP contribution in [0.3, 0.4) is 0 Å². The molecule has 0 bridgehead atoms. The van der Waals surface area contributed by atoms with Crippen LogP contribution in [0.2, 0.25) is 0 Å². The van der Waals surface area contributed by atoms with Crippen LogP contribution >= 0.6 is 0 Å². The van der Waals surface area contributed by atoms with Crippen molar-refractivity contribution in [3.8, 4) is 0 Å². The van der Waals surface area contributed by atoms with Gasteiger partial charge in [-0.05, 0) is 11.0 Å². The molecule has 90 valence electrons. The predicted octanol–water partition coefficient (Wildman–Crippen LogP) is 2.68. The van der Waals surface area contributed by atoms with Crippen LogP contribution in [0, 0.1) is 15.5 Å². The van der Waals surface area contributed by atoms with Crippen molar-refractivity contribution in [2.24, 2.45) is 5.41 Å². The first-order valence-electron chi connectivity index (χ1n) is 5.40. The molecule has 1 amide bonds. The standard InChI is InChI=1S/C12H14N2O3/c1-12(2,3)9-7-5-4-6-8(14(16)17)10(7)13-11(9)15/h4-6,9H,1-3H3,(H,13,15). The van der Waals surface area contributed by atoms with Crippen molar-refractivity contribution in [3.05, 3.63) is 33.9 Å². The molecule has 0 radical (unpaired) electrons. The Labute approximate surface area is 99.0 Å². The van der Waals surface area contributed by atoms with Gasteiger partial charge in [-0.25, -0.2) is 0 Å². The Morgan fingerprint density at radius 1 is 1.35 bits per heavy atom. The number of nitro benzene ring substituents is 1. The maximum absolute atomic E-state index is 11.9. The molecular formula is C12H14N2O3. The zero-order valence-electron chi connectivity index (χ0n) is 9.98. The van der Waals surface area contributed by atoms with Crippen LogP contribution in [0.5, 0.6) is 0 Å². The van der Waals surface area contributed by atoms with E-state index in [1.807, 2.05) is 20.8 Å². The van der Waals surface area contributed by atoms with E-state index in [1.165, 1.54) is 6.07 Å². The molecule has 1 aliphatic heterocycles. The minimum Gasteiger partial charge on any atom is -0.320 e. The minimum absolute atomic E-state index is 0.0393. The van der Waals surface area contributed by atoms with E-state index in [-0.39, 0.29) is 22.9 Å². The SMILES string of the molecule is CC(C)(C)C1C(=O)Nc2c1cccc2[N+](=O)[O-]. The van der Waals surface area contributed by atoms with Crippen molar-refractivity contribution in [1.29, 1.82) is 0 Å². The molecule has 1 aromatic rings. The molecule has 0 fully saturated rings. The smallest absolute Gasteiger partial charge is 0.293 e. The molecule has 5 nitrogen and oxygen atoms in total. The highest BCUT2D eigenvalue weighted by molar-refractivity contribution is 6.05. The van der Waals surface area contributed by atoms with Crippen LogP contribution in [0.1, 0.15) is 32.3 Å². The number of carbonyl (C=O) groups is 1. The molecular weight excluding hydrogens is 220 g/mol. The van der Waals surface area contributed by atoms with Crippen molar-refractivity contribution in [1.82, 2.24) is 0 Å². The fraction of sp³-hybridized carbons (Fsp3) is 0.417. The summed E-state index contributed by atoms with van der Waals surface area (Å²) in [6.45, 7) is 5.85. The third kappa shape index (κ3) is 1.77. The largest absolute Gasteiger partial charge is 0.320 e. The van der Waals surface area contributed by atoms with Gasteiger partial charge in [0.05, 0.1) is 10.8 Å². The summed E-state index contributed by atoms with van der Waals surface area (Å²) in [6, 6.07) is 4.80. The van der Waals surface area contributed by atoms with Crippen molar-refractivity contribution < 1.29 is 9.72 Å². The first kappa shape index (κ1) is 11.6. The number of amides is 1. The van der Waals surface area contributed by atoms with Gasteiger partial charge in [-0.1, -0.05) is 32.9 Å². The van der Waals surface area contributed by atoms with Gasteiger partial charge in [-0.15, -0.1) is 0 Å². The molecule has 17 heavy (non-hydrogen) atoms. The van der Waals surface area contributed by atoms with Gasteiger partial charge in [-0.3, -0.25) is 14.9 Å². The van der Waals surface area contributed by atoms with Crippen molar-refractivity contribution in [2.75, 3.05) is 5.32 Å². The summed E-state index contributed by atoms with van der Waals surface area (Å²) in [6.07, 6.45) is 0. The molecule has 0 aliphatic carbocycles. The van der Waals surface area contributed by atoms with Crippen LogP contribution < -0.4 is 5.32 Å². The van der Waals surface area contributed by atoms with Crippen LogP contribution in [0.4, 0.5) is 11.4 Å². The van der Waals surface area contributed by atoms with Gasteiger partial charge < -0.3 is 5.32 Å². The Morgan fingerprint density at radius 2 is 2.00 bits per heavy atom. The third-order valence-electron chi connectivity index (χ3n) is 2.96. The number of nitrogens with one attached hydrogen (secondary N) is 1.